The number of piperidine rings is 1. The van der Waals surface area contributed by atoms with E-state index in [0.29, 0.717) is 16.8 Å². The van der Waals surface area contributed by atoms with Crippen LogP contribution >= 0.6 is 46.9 Å². The summed E-state index contributed by atoms with van der Waals surface area (Å²) in [6.45, 7) is 2.18. The zero-order valence-electron chi connectivity index (χ0n) is 13.6. The quantitative estimate of drug-likeness (QED) is 0.339. The van der Waals surface area contributed by atoms with E-state index in [1.54, 1.807) is 19.2 Å². The highest BCUT2D eigenvalue weighted by Crippen LogP contribution is 2.26. The minimum absolute atomic E-state index is 0. The molecule has 2 heterocycles. The van der Waals surface area contributed by atoms with Crippen molar-refractivity contribution in [3.8, 4) is 0 Å². The number of halogens is 2. The first-order valence-corrected chi connectivity index (χ1v) is 8.95. The molecule has 1 fully saturated rings. The molecule has 1 aliphatic rings. The van der Waals surface area contributed by atoms with Crippen molar-refractivity contribution in [3.05, 3.63) is 21.3 Å². The average molecular weight is 487 g/mol. The maximum Gasteiger partial charge on any atom is 0.241 e. The van der Waals surface area contributed by atoms with Crippen LogP contribution in [0.5, 0.6) is 0 Å². The Morgan fingerprint density at radius 1 is 1.38 bits per heavy atom. The lowest BCUT2D eigenvalue weighted by Gasteiger charge is -2.27. The van der Waals surface area contributed by atoms with Crippen LogP contribution in [0.1, 0.15) is 30.2 Å². The Balaban J connectivity index is 0.00000288. The van der Waals surface area contributed by atoms with Crippen molar-refractivity contribution in [3.63, 3.8) is 0 Å². The SMILES string of the molecule is CN=C(NCC(=O)N1CCCCC1)NCC(O)c1ccc(Cl)s1.I. The number of thiophene rings is 1. The number of carbonyl (C=O) groups excluding carboxylic acids is 1. The first kappa shape index (κ1) is 21.5. The summed E-state index contributed by atoms with van der Waals surface area (Å²) in [5.41, 5.74) is 0. The number of guanidine groups is 1. The highest BCUT2D eigenvalue weighted by Gasteiger charge is 2.17. The van der Waals surface area contributed by atoms with Crippen LogP contribution in [-0.2, 0) is 4.79 Å². The molecule has 136 valence electrons. The monoisotopic (exact) mass is 486 g/mol. The van der Waals surface area contributed by atoms with E-state index in [1.807, 2.05) is 4.90 Å². The molecule has 0 aliphatic carbocycles. The zero-order valence-corrected chi connectivity index (χ0v) is 17.5. The highest BCUT2D eigenvalue weighted by atomic mass is 127. The predicted molar refractivity (Wildman–Crippen MR) is 109 cm³/mol. The molecule has 6 nitrogen and oxygen atoms in total. The van der Waals surface area contributed by atoms with Gasteiger partial charge in [0.15, 0.2) is 5.96 Å². The molecule has 9 heteroatoms. The van der Waals surface area contributed by atoms with Crippen LogP contribution in [0.4, 0.5) is 0 Å². The maximum atomic E-state index is 12.1. The van der Waals surface area contributed by atoms with Crippen molar-refractivity contribution in [1.29, 1.82) is 0 Å². The second-order valence-corrected chi connectivity index (χ2v) is 7.15. The lowest BCUT2D eigenvalue weighted by atomic mass is 10.1. The van der Waals surface area contributed by atoms with E-state index in [-0.39, 0.29) is 36.4 Å². The Labute approximate surface area is 168 Å². The minimum atomic E-state index is -0.663. The normalized spacial score (nSPS) is 16.3. The van der Waals surface area contributed by atoms with Gasteiger partial charge in [-0.3, -0.25) is 9.79 Å². The molecule has 1 aliphatic heterocycles. The Hall–Kier alpha value is -0.580. The van der Waals surface area contributed by atoms with Crippen molar-refractivity contribution >= 4 is 58.8 Å². The molecule has 1 aromatic rings. The number of hydrogen-bond acceptors (Lipinski definition) is 4. The number of aliphatic hydroxyl groups is 1. The maximum absolute atomic E-state index is 12.1. The van der Waals surface area contributed by atoms with E-state index in [1.165, 1.54) is 17.8 Å². The molecular weight excluding hydrogens is 463 g/mol. The Bertz CT molecular complexity index is 549. The number of hydrogen-bond donors (Lipinski definition) is 3. The fraction of sp³-hybridized carbons (Fsp3) is 0.600. The minimum Gasteiger partial charge on any atom is -0.386 e. The smallest absolute Gasteiger partial charge is 0.241 e. The van der Waals surface area contributed by atoms with Crippen LogP contribution in [0, 0.1) is 0 Å². The first-order valence-electron chi connectivity index (χ1n) is 7.75. The molecule has 1 aromatic heterocycles. The standard InChI is InChI=1S/C15H23ClN4O2S.HI/c1-17-15(18-9-11(21)12-5-6-13(16)23-12)19-10-14(22)20-7-3-2-4-8-20;/h5-6,11,21H,2-4,7-10H2,1H3,(H2,17,18,19);1H. The van der Waals surface area contributed by atoms with E-state index in [9.17, 15) is 9.90 Å². The largest absolute Gasteiger partial charge is 0.386 e. The molecule has 1 atom stereocenters. The molecule has 0 spiro atoms. The third-order valence-electron chi connectivity index (χ3n) is 3.72. The second kappa shape index (κ2) is 11.1. The summed E-state index contributed by atoms with van der Waals surface area (Å²) in [7, 11) is 1.63. The predicted octanol–water partition coefficient (Wildman–Crippen LogP) is 2.23. The molecule has 3 N–H and O–H groups in total. The average Bonchev–Trinajstić information content (AvgIpc) is 3.02. The summed E-state index contributed by atoms with van der Waals surface area (Å²) < 4.78 is 0.647. The van der Waals surface area contributed by atoms with E-state index in [0.717, 1.165) is 30.8 Å². The first-order chi connectivity index (χ1) is 11.1. The van der Waals surface area contributed by atoms with E-state index >= 15 is 0 Å². The summed E-state index contributed by atoms with van der Waals surface area (Å²) in [6, 6.07) is 3.56. The third-order valence-corrected chi connectivity index (χ3v) is 5.06. The lowest BCUT2D eigenvalue weighted by Crippen LogP contribution is -2.46. The van der Waals surface area contributed by atoms with Gasteiger partial charge < -0.3 is 20.6 Å². The van der Waals surface area contributed by atoms with Gasteiger partial charge >= 0.3 is 0 Å². The number of aliphatic hydroxyl groups excluding tert-OH is 1. The van der Waals surface area contributed by atoms with Crippen molar-refractivity contribution in [2.24, 2.45) is 4.99 Å². The van der Waals surface area contributed by atoms with Gasteiger partial charge in [0.25, 0.3) is 0 Å². The molecular formula is C15H24ClIN4O2S. The van der Waals surface area contributed by atoms with Crippen molar-refractivity contribution in [2.45, 2.75) is 25.4 Å². The van der Waals surface area contributed by atoms with Crippen molar-refractivity contribution in [1.82, 2.24) is 15.5 Å². The van der Waals surface area contributed by atoms with Crippen LogP contribution in [0.2, 0.25) is 4.34 Å². The van der Waals surface area contributed by atoms with Crippen LogP contribution in [0.3, 0.4) is 0 Å². The van der Waals surface area contributed by atoms with Gasteiger partial charge in [0.05, 0.1) is 10.9 Å². The van der Waals surface area contributed by atoms with Gasteiger partial charge in [-0.2, -0.15) is 0 Å². The number of likely N-dealkylation sites (tertiary alicyclic amines) is 1. The van der Waals surface area contributed by atoms with E-state index in [2.05, 4.69) is 15.6 Å². The topological polar surface area (TPSA) is 77.0 Å². The van der Waals surface area contributed by atoms with Gasteiger partial charge in [-0.15, -0.1) is 35.3 Å². The van der Waals surface area contributed by atoms with Gasteiger partial charge in [-0.05, 0) is 31.4 Å². The fourth-order valence-electron chi connectivity index (χ4n) is 2.44. The molecule has 1 amide bonds. The summed E-state index contributed by atoms with van der Waals surface area (Å²) in [5, 5.41) is 16.1. The van der Waals surface area contributed by atoms with Gasteiger partial charge in [-0.1, -0.05) is 11.6 Å². The molecule has 24 heavy (non-hydrogen) atoms. The van der Waals surface area contributed by atoms with Gasteiger partial charge in [0.2, 0.25) is 5.91 Å². The van der Waals surface area contributed by atoms with Crippen LogP contribution < -0.4 is 10.6 Å². The number of rotatable bonds is 5. The van der Waals surface area contributed by atoms with E-state index < -0.39 is 6.10 Å². The van der Waals surface area contributed by atoms with Crippen molar-refractivity contribution < 1.29 is 9.90 Å². The second-order valence-electron chi connectivity index (χ2n) is 5.41. The Kier molecular flexibility index (Phi) is 9.94. The number of nitrogens with one attached hydrogen (secondary N) is 2. The number of nitrogens with zero attached hydrogens (tertiary/aromatic N) is 2. The Morgan fingerprint density at radius 3 is 2.67 bits per heavy atom. The molecule has 0 aromatic carbocycles. The summed E-state index contributed by atoms with van der Waals surface area (Å²) in [5.74, 6) is 0.579. The molecule has 0 saturated carbocycles. The van der Waals surface area contributed by atoms with Gasteiger partial charge in [0.1, 0.15) is 6.10 Å². The number of aliphatic imine (C=N–C) groups is 1. The molecule has 2 rings (SSSR count). The molecule has 0 bridgehead atoms. The Morgan fingerprint density at radius 2 is 2.08 bits per heavy atom. The summed E-state index contributed by atoms with van der Waals surface area (Å²) in [6.07, 6.45) is 2.69. The fourth-order valence-corrected chi connectivity index (χ4v) is 3.48. The molecule has 0 radical (unpaired) electrons. The lowest BCUT2D eigenvalue weighted by molar-refractivity contribution is -0.130. The van der Waals surface area contributed by atoms with Crippen LogP contribution in [0.15, 0.2) is 17.1 Å². The summed E-state index contributed by atoms with van der Waals surface area (Å²) in [4.78, 5) is 18.8. The van der Waals surface area contributed by atoms with Gasteiger partial charge in [0, 0.05) is 31.6 Å². The van der Waals surface area contributed by atoms with Crippen LogP contribution in [0.25, 0.3) is 0 Å². The molecule has 1 saturated heterocycles. The number of amides is 1. The number of carbonyl (C=O) groups is 1. The highest BCUT2D eigenvalue weighted by molar-refractivity contribution is 14.0. The molecule has 1 unspecified atom stereocenters. The van der Waals surface area contributed by atoms with Gasteiger partial charge in [-0.25, -0.2) is 0 Å². The zero-order chi connectivity index (χ0) is 16.7. The van der Waals surface area contributed by atoms with Crippen molar-refractivity contribution in [2.75, 3.05) is 33.2 Å². The summed E-state index contributed by atoms with van der Waals surface area (Å²) >= 11 is 7.21. The van der Waals surface area contributed by atoms with E-state index in [4.69, 9.17) is 11.6 Å². The van der Waals surface area contributed by atoms with Crippen LogP contribution in [-0.4, -0.2) is 55.1 Å². The third kappa shape index (κ3) is 6.73.